The number of hydrogen-bond donors (Lipinski definition) is 0. The lowest BCUT2D eigenvalue weighted by molar-refractivity contribution is 0.0651. The molecule has 0 unspecified atom stereocenters. The quantitative estimate of drug-likeness (QED) is 0.298. The Hall–Kier alpha value is -2.85. The van der Waals surface area contributed by atoms with Gasteiger partial charge in [0.15, 0.2) is 5.76 Å². The molecule has 7 heteroatoms. The van der Waals surface area contributed by atoms with Crippen LogP contribution in [0.15, 0.2) is 30.3 Å². The number of benzene rings is 1. The summed E-state index contributed by atoms with van der Waals surface area (Å²) in [4.78, 5) is 12.3. The van der Waals surface area contributed by atoms with Crippen LogP contribution in [0.1, 0.15) is 37.7 Å². The molecule has 1 aromatic carbocycles. The van der Waals surface area contributed by atoms with Gasteiger partial charge in [0.1, 0.15) is 17.3 Å². The van der Waals surface area contributed by atoms with E-state index in [-0.39, 0.29) is 17.4 Å². The standard InChI is InChI=1S/C22H29N3O3Si/c1-8-25-20(13-16(4)24-25)21(28-22(26)27-15(2)3)19(14-23)17-9-11-18(12-10-17)29(5,6)7/h9-13,15H,8H2,1-7H3. The molecule has 0 amide bonds. The lowest BCUT2D eigenvalue weighted by Crippen LogP contribution is -2.37. The van der Waals surface area contributed by atoms with E-state index in [4.69, 9.17) is 9.47 Å². The van der Waals surface area contributed by atoms with Crippen LogP contribution in [0.3, 0.4) is 0 Å². The van der Waals surface area contributed by atoms with Crippen molar-refractivity contribution < 1.29 is 14.3 Å². The molecule has 0 bridgehead atoms. The summed E-state index contributed by atoms with van der Waals surface area (Å²) in [6.45, 7) is 14.6. The molecule has 0 saturated carbocycles. The van der Waals surface area contributed by atoms with Crippen LogP contribution in [0.2, 0.25) is 19.6 Å². The zero-order valence-electron chi connectivity index (χ0n) is 18.2. The van der Waals surface area contributed by atoms with Crippen LogP contribution in [-0.4, -0.2) is 30.1 Å². The zero-order valence-corrected chi connectivity index (χ0v) is 19.2. The van der Waals surface area contributed by atoms with Gasteiger partial charge < -0.3 is 9.47 Å². The van der Waals surface area contributed by atoms with Gasteiger partial charge in [-0.25, -0.2) is 4.79 Å². The van der Waals surface area contributed by atoms with Gasteiger partial charge in [0.2, 0.25) is 0 Å². The van der Waals surface area contributed by atoms with Gasteiger partial charge in [-0.05, 0) is 39.3 Å². The van der Waals surface area contributed by atoms with Gasteiger partial charge in [-0.3, -0.25) is 4.68 Å². The molecule has 0 saturated heterocycles. The highest BCUT2D eigenvalue weighted by molar-refractivity contribution is 6.88. The second kappa shape index (κ2) is 9.10. The first kappa shape index (κ1) is 22.4. The largest absolute Gasteiger partial charge is 0.514 e. The van der Waals surface area contributed by atoms with Crippen LogP contribution in [0.4, 0.5) is 4.79 Å². The molecule has 1 heterocycles. The van der Waals surface area contributed by atoms with Gasteiger partial charge in [-0.2, -0.15) is 10.4 Å². The van der Waals surface area contributed by atoms with E-state index < -0.39 is 14.2 Å². The molecule has 0 fully saturated rings. The minimum absolute atomic E-state index is 0.154. The highest BCUT2D eigenvalue weighted by atomic mass is 28.3. The number of carbonyl (C=O) groups excluding carboxylic acids is 1. The number of nitrogens with zero attached hydrogens (tertiary/aromatic N) is 3. The molecule has 6 nitrogen and oxygen atoms in total. The number of carbonyl (C=O) groups is 1. The molecule has 2 aromatic rings. The maximum absolute atomic E-state index is 12.3. The van der Waals surface area contributed by atoms with E-state index in [1.54, 1.807) is 24.6 Å². The Kier molecular flexibility index (Phi) is 7.04. The van der Waals surface area contributed by atoms with E-state index in [1.165, 1.54) is 5.19 Å². The second-order valence-electron chi connectivity index (χ2n) is 8.15. The molecule has 0 atom stereocenters. The number of hydrogen-bond acceptors (Lipinski definition) is 5. The number of aromatic nitrogens is 2. The lowest BCUT2D eigenvalue weighted by atomic mass is 10.0. The fourth-order valence-corrected chi connectivity index (χ4v) is 4.05. The maximum Gasteiger partial charge on any atom is 0.514 e. The summed E-state index contributed by atoms with van der Waals surface area (Å²) in [5.74, 6) is 0.154. The molecule has 0 aliphatic rings. The van der Waals surface area contributed by atoms with Crippen molar-refractivity contribution in [1.82, 2.24) is 9.78 Å². The van der Waals surface area contributed by atoms with E-state index in [0.717, 1.165) is 5.69 Å². The predicted molar refractivity (Wildman–Crippen MR) is 117 cm³/mol. The summed E-state index contributed by atoms with van der Waals surface area (Å²) >= 11 is 0. The van der Waals surface area contributed by atoms with Crippen LogP contribution >= 0.6 is 0 Å². The van der Waals surface area contributed by atoms with Crippen molar-refractivity contribution in [2.24, 2.45) is 0 Å². The number of nitriles is 1. The number of aryl methyl sites for hydroxylation is 2. The summed E-state index contributed by atoms with van der Waals surface area (Å²) in [7, 11) is -1.47. The minimum Gasteiger partial charge on any atom is -0.431 e. The van der Waals surface area contributed by atoms with Crippen LogP contribution in [0.5, 0.6) is 0 Å². The number of rotatable bonds is 6. The molecule has 29 heavy (non-hydrogen) atoms. The Morgan fingerprint density at radius 1 is 1.24 bits per heavy atom. The Labute approximate surface area is 173 Å². The predicted octanol–water partition coefficient (Wildman–Crippen LogP) is 4.71. The van der Waals surface area contributed by atoms with Gasteiger partial charge in [0, 0.05) is 6.54 Å². The molecule has 0 aliphatic carbocycles. The van der Waals surface area contributed by atoms with Crippen molar-refractivity contribution in [3.63, 3.8) is 0 Å². The molecule has 154 valence electrons. The molecule has 0 spiro atoms. The summed E-state index contributed by atoms with van der Waals surface area (Å²) in [5, 5.41) is 15.7. The normalized spacial score (nSPS) is 12.4. The summed E-state index contributed by atoms with van der Waals surface area (Å²) in [5.41, 5.74) is 2.29. The highest BCUT2D eigenvalue weighted by Crippen LogP contribution is 2.28. The van der Waals surface area contributed by atoms with Crippen molar-refractivity contribution in [3.05, 3.63) is 47.3 Å². The van der Waals surface area contributed by atoms with E-state index in [9.17, 15) is 10.1 Å². The average molecular weight is 412 g/mol. The van der Waals surface area contributed by atoms with Gasteiger partial charge in [0.05, 0.1) is 19.9 Å². The molecule has 1 aromatic heterocycles. The monoisotopic (exact) mass is 411 g/mol. The lowest BCUT2D eigenvalue weighted by Gasteiger charge is -2.17. The van der Waals surface area contributed by atoms with Crippen LogP contribution in [0, 0.1) is 18.3 Å². The highest BCUT2D eigenvalue weighted by Gasteiger charge is 2.23. The molecule has 0 N–H and O–H groups in total. The molecular weight excluding hydrogens is 382 g/mol. The summed E-state index contributed by atoms with van der Waals surface area (Å²) < 4.78 is 12.4. The van der Waals surface area contributed by atoms with Gasteiger partial charge in [0.25, 0.3) is 0 Å². The Morgan fingerprint density at radius 3 is 2.34 bits per heavy atom. The van der Waals surface area contributed by atoms with E-state index in [1.807, 2.05) is 38.1 Å². The fourth-order valence-electron chi connectivity index (χ4n) is 2.88. The van der Waals surface area contributed by atoms with Crippen LogP contribution in [-0.2, 0) is 16.0 Å². The topological polar surface area (TPSA) is 77.1 Å². The average Bonchev–Trinajstić information content (AvgIpc) is 3.01. The fraction of sp³-hybridized carbons (Fsp3) is 0.409. The smallest absolute Gasteiger partial charge is 0.431 e. The van der Waals surface area contributed by atoms with E-state index in [2.05, 4.69) is 30.8 Å². The van der Waals surface area contributed by atoms with Crippen LogP contribution < -0.4 is 5.19 Å². The number of ether oxygens (including phenoxy) is 2. The minimum atomic E-state index is -1.47. The van der Waals surface area contributed by atoms with Gasteiger partial charge >= 0.3 is 6.16 Å². The summed E-state index contributed by atoms with van der Waals surface area (Å²) in [6.07, 6.45) is -1.17. The Balaban J connectivity index is 2.63. The molecule has 2 rings (SSSR count). The second-order valence-corrected chi connectivity index (χ2v) is 13.2. The van der Waals surface area contributed by atoms with Crippen molar-refractivity contribution >= 4 is 30.7 Å². The zero-order chi connectivity index (χ0) is 21.8. The Morgan fingerprint density at radius 2 is 1.86 bits per heavy atom. The summed E-state index contributed by atoms with van der Waals surface area (Å²) in [6, 6.07) is 11.9. The third-order valence-corrected chi connectivity index (χ3v) is 6.40. The van der Waals surface area contributed by atoms with Crippen molar-refractivity contribution in [2.45, 2.75) is 60.0 Å². The first-order valence-electron chi connectivity index (χ1n) is 9.75. The SMILES string of the molecule is CCn1nc(C)cc1C(OC(=O)OC(C)C)=C(C#N)c1ccc([Si](C)(C)C)cc1. The van der Waals surface area contributed by atoms with Crippen molar-refractivity contribution in [1.29, 1.82) is 5.26 Å². The molecule has 0 aliphatic heterocycles. The van der Waals surface area contributed by atoms with Crippen molar-refractivity contribution in [2.75, 3.05) is 0 Å². The van der Waals surface area contributed by atoms with E-state index >= 15 is 0 Å². The van der Waals surface area contributed by atoms with Gasteiger partial charge in [-0.15, -0.1) is 0 Å². The third kappa shape index (κ3) is 5.58. The molecular formula is C22H29N3O3Si. The molecule has 0 radical (unpaired) electrons. The Bertz CT molecular complexity index is 945. The van der Waals surface area contributed by atoms with E-state index in [0.29, 0.717) is 17.8 Å². The van der Waals surface area contributed by atoms with Crippen molar-refractivity contribution in [3.8, 4) is 6.07 Å². The maximum atomic E-state index is 12.3. The van der Waals surface area contributed by atoms with Gasteiger partial charge in [-0.1, -0.05) is 49.1 Å². The first-order valence-corrected chi connectivity index (χ1v) is 13.2. The number of allylic oxidation sites excluding steroid dienone is 1. The third-order valence-electron chi connectivity index (χ3n) is 4.33. The van der Waals surface area contributed by atoms with Crippen LogP contribution in [0.25, 0.3) is 11.3 Å². The first-order chi connectivity index (χ1) is 13.6.